The molecule has 7 heteroatoms. The SMILES string of the molecule is CN1CCN(C(=O)c2ccc3c(Oc4ccc(C(F)(F)F)cc4)cccc3c2)CC1. The Morgan fingerprint density at radius 2 is 1.63 bits per heavy atom. The van der Waals surface area contributed by atoms with Crippen LogP contribution in [-0.2, 0) is 6.18 Å². The molecule has 0 atom stereocenters. The molecule has 0 saturated carbocycles. The maximum atomic E-state index is 12.8. The zero-order chi connectivity index (χ0) is 21.3. The van der Waals surface area contributed by atoms with Crippen LogP contribution in [0.1, 0.15) is 15.9 Å². The second-order valence-corrected chi connectivity index (χ2v) is 7.41. The standard InChI is InChI=1S/C23H21F3N2O2/c1-27-11-13-28(14-12-27)22(29)17-5-10-20-16(15-17)3-2-4-21(20)30-19-8-6-18(7-9-19)23(24,25)26/h2-10,15H,11-14H2,1H3. The van der Waals surface area contributed by atoms with E-state index in [1.807, 2.05) is 30.1 Å². The summed E-state index contributed by atoms with van der Waals surface area (Å²) in [6.07, 6.45) is -4.38. The molecule has 1 aliphatic rings. The predicted molar refractivity (Wildman–Crippen MR) is 109 cm³/mol. The number of halogens is 3. The Kier molecular flexibility index (Phi) is 5.39. The van der Waals surface area contributed by atoms with Crippen LogP contribution in [0.15, 0.2) is 60.7 Å². The third-order valence-electron chi connectivity index (χ3n) is 5.29. The highest BCUT2D eigenvalue weighted by Gasteiger charge is 2.30. The minimum atomic E-state index is -4.38. The largest absolute Gasteiger partial charge is 0.457 e. The van der Waals surface area contributed by atoms with Crippen LogP contribution >= 0.6 is 0 Å². The van der Waals surface area contributed by atoms with Crippen molar-refractivity contribution in [2.24, 2.45) is 0 Å². The van der Waals surface area contributed by atoms with Crippen LogP contribution in [0.4, 0.5) is 13.2 Å². The molecule has 4 rings (SSSR count). The Bertz CT molecular complexity index is 1060. The topological polar surface area (TPSA) is 32.8 Å². The number of alkyl halides is 3. The van der Waals surface area contributed by atoms with Gasteiger partial charge in [-0.3, -0.25) is 4.79 Å². The molecule has 3 aromatic carbocycles. The Labute approximate surface area is 172 Å². The molecule has 30 heavy (non-hydrogen) atoms. The highest BCUT2D eigenvalue weighted by molar-refractivity contribution is 6.00. The number of likely N-dealkylation sites (N-methyl/N-ethyl adjacent to an activating group) is 1. The van der Waals surface area contributed by atoms with Crippen LogP contribution in [0.5, 0.6) is 11.5 Å². The van der Waals surface area contributed by atoms with Crippen molar-refractivity contribution in [3.8, 4) is 11.5 Å². The van der Waals surface area contributed by atoms with Gasteiger partial charge in [0.1, 0.15) is 11.5 Å². The van der Waals surface area contributed by atoms with Gasteiger partial charge in [-0.2, -0.15) is 13.2 Å². The van der Waals surface area contributed by atoms with E-state index in [0.29, 0.717) is 30.2 Å². The monoisotopic (exact) mass is 414 g/mol. The number of rotatable bonds is 3. The van der Waals surface area contributed by atoms with Crippen molar-refractivity contribution in [3.05, 3.63) is 71.8 Å². The number of hydrogen-bond donors (Lipinski definition) is 0. The first-order valence-electron chi connectivity index (χ1n) is 9.67. The summed E-state index contributed by atoms with van der Waals surface area (Å²) in [5, 5.41) is 1.62. The van der Waals surface area contributed by atoms with E-state index < -0.39 is 11.7 Å². The Morgan fingerprint density at radius 3 is 2.30 bits per heavy atom. The quantitative estimate of drug-likeness (QED) is 0.602. The lowest BCUT2D eigenvalue weighted by Crippen LogP contribution is -2.47. The molecule has 4 nitrogen and oxygen atoms in total. The van der Waals surface area contributed by atoms with Gasteiger partial charge in [0.05, 0.1) is 5.56 Å². The molecule has 0 N–H and O–H groups in total. The van der Waals surface area contributed by atoms with Crippen molar-refractivity contribution in [1.29, 1.82) is 0 Å². The molecule has 0 aromatic heterocycles. The summed E-state index contributed by atoms with van der Waals surface area (Å²) in [6, 6.07) is 15.4. The van der Waals surface area contributed by atoms with Gasteiger partial charge in [-0.05, 0) is 61.0 Å². The number of piperazine rings is 1. The number of nitrogens with zero attached hydrogens (tertiary/aromatic N) is 2. The summed E-state index contributed by atoms with van der Waals surface area (Å²) in [5.41, 5.74) is -0.112. The van der Waals surface area contributed by atoms with Gasteiger partial charge in [-0.1, -0.05) is 12.1 Å². The van der Waals surface area contributed by atoms with Crippen LogP contribution in [0, 0.1) is 0 Å². The fourth-order valence-corrected chi connectivity index (χ4v) is 3.51. The van der Waals surface area contributed by atoms with Gasteiger partial charge >= 0.3 is 6.18 Å². The summed E-state index contributed by atoms with van der Waals surface area (Å²) < 4.78 is 44.0. The van der Waals surface area contributed by atoms with Gasteiger partial charge in [0, 0.05) is 37.1 Å². The van der Waals surface area contributed by atoms with Crippen LogP contribution in [0.3, 0.4) is 0 Å². The van der Waals surface area contributed by atoms with E-state index in [4.69, 9.17) is 4.74 Å². The first-order chi connectivity index (χ1) is 14.3. The van der Waals surface area contributed by atoms with Gasteiger partial charge in [-0.25, -0.2) is 0 Å². The molecule has 0 bridgehead atoms. The second-order valence-electron chi connectivity index (χ2n) is 7.41. The maximum Gasteiger partial charge on any atom is 0.416 e. The van der Waals surface area contributed by atoms with Crippen LogP contribution in [0.25, 0.3) is 10.8 Å². The summed E-state index contributed by atoms with van der Waals surface area (Å²) in [6.45, 7) is 3.10. The Morgan fingerprint density at radius 1 is 0.933 bits per heavy atom. The van der Waals surface area contributed by atoms with E-state index >= 15 is 0 Å². The zero-order valence-electron chi connectivity index (χ0n) is 16.4. The second kappa shape index (κ2) is 7.99. The molecule has 0 radical (unpaired) electrons. The Balaban J connectivity index is 1.56. The molecule has 1 heterocycles. The van der Waals surface area contributed by atoms with Gasteiger partial charge in [0.2, 0.25) is 0 Å². The van der Waals surface area contributed by atoms with Crippen LogP contribution in [0.2, 0.25) is 0 Å². The third kappa shape index (κ3) is 4.26. The van der Waals surface area contributed by atoms with Crippen molar-refractivity contribution < 1.29 is 22.7 Å². The fraction of sp³-hybridized carbons (Fsp3) is 0.261. The van der Waals surface area contributed by atoms with Gasteiger partial charge in [0.25, 0.3) is 5.91 Å². The molecular formula is C23H21F3N2O2. The fourth-order valence-electron chi connectivity index (χ4n) is 3.51. The van der Waals surface area contributed by atoms with Crippen molar-refractivity contribution in [2.75, 3.05) is 33.2 Å². The molecule has 0 spiro atoms. The van der Waals surface area contributed by atoms with E-state index in [2.05, 4.69) is 4.90 Å². The molecular weight excluding hydrogens is 393 g/mol. The van der Waals surface area contributed by atoms with E-state index in [-0.39, 0.29) is 5.91 Å². The summed E-state index contributed by atoms with van der Waals surface area (Å²) in [5.74, 6) is 0.831. The molecule has 0 unspecified atom stereocenters. The van der Waals surface area contributed by atoms with E-state index in [1.165, 1.54) is 12.1 Å². The maximum absolute atomic E-state index is 12.8. The molecule has 1 amide bonds. The number of ether oxygens (including phenoxy) is 1. The minimum Gasteiger partial charge on any atom is -0.457 e. The summed E-state index contributed by atoms with van der Waals surface area (Å²) in [7, 11) is 2.04. The van der Waals surface area contributed by atoms with E-state index in [9.17, 15) is 18.0 Å². The van der Waals surface area contributed by atoms with Crippen molar-refractivity contribution in [3.63, 3.8) is 0 Å². The lowest BCUT2D eigenvalue weighted by molar-refractivity contribution is -0.137. The number of fused-ring (bicyclic) bond motifs is 1. The van der Waals surface area contributed by atoms with Crippen molar-refractivity contribution in [2.45, 2.75) is 6.18 Å². The highest BCUT2D eigenvalue weighted by atomic mass is 19.4. The predicted octanol–water partition coefficient (Wildman–Crippen LogP) is 5.04. The smallest absolute Gasteiger partial charge is 0.416 e. The Hall–Kier alpha value is -3.06. The zero-order valence-corrected chi connectivity index (χ0v) is 16.4. The molecule has 1 fully saturated rings. The number of carbonyl (C=O) groups excluding carboxylic acids is 1. The van der Waals surface area contributed by atoms with Crippen LogP contribution in [-0.4, -0.2) is 48.9 Å². The molecule has 1 saturated heterocycles. The average Bonchev–Trinajstić information content (AvgIpc) is 2.73. The highest BCUT2D eigenvalue weighted by Crippen LogP contribution is 2.34. The number of amides is 1. The van der Waals surface area contributed by atoms with Gasteiger partial charge < -0.3 is 14.5 Å². The lowest BCUT2D eigenvalue weighted by Gasteiger charge is -2.32. The first-order valence-corrected chi connectivity index (χ1v) is 9.67. The average molecular weight is 414 g/mol. The number of hydrogen-bond acceptors (Lipinski definition) is 3. The normalized spacial score (nSPS) is 15.4. The molecule has 1 aliphatic heterocycles. The molecule has 0 aliphatic carbocycles. The number of benzene rings is 3. The van der Waals surface area contributed by atoms with E-state index in [1.54, 1.807) is 18.2 Å². The third-order valence-corrected chi connectivity index (χ3v) is 5.29. The molecule has 156 valence electrons. The van der Waals surface area contributed by atoms with Crippen molar-refractivity contribution >= 4 is 16.7 Å². The number of carbonyl (C=O) groups is 1. The lowest BCUT2D eigenvalue weighted by atomic mass is 10.0. The molecule has 3 aromatic rings. The summed E-state index contributed by atoms with van der Waals surface area (Å²) in [4.78, 5) is 16.9. The van der Waals surface area contributed by atoms with Crippen molar-refractivity contribution in [1.82, 2.24) is 9.80 Å². The van der Waals surface area contributed by atoms with Gasteiger partial charge in [0.15, 0.2) is 0 Å². The van der Waals surface area contributed by atoms with Gasteiger partial charge in [-0.15, -0.1) is 0 Å². The van der Waals surface area contributed by atoms with Crippen LogP contribution < -0.4 is 4.74 Å². The van der Waals surface area contributed by atoms with E-state index in [0.717, 1.165) is 36.0 Å². The minimum absolute atomic E-state index is 0.000870. The first kappa shape index (κ1) is 20.2. The summed E-state index contributed by atoms with van der Waals surface area (Å²) >= 11 is 0.